The summed E-state index contributed by atoms with van der Waals surface area (Å²) in [5.74, 6) is -0.924. The summed E-state index contributed by atoms with van der Waals surface area (Å²) >= 11 is 0. The van der Waals surface area contributed by atoms with Gasteiger partial charge in [-0.2, -0.15) is 0 Å². The zero-order valence-electron chi connectivity index (χ0n) is 9.51. The third-order valence-electron chi connectivity index (χ3n) is 3.55. The maximum absolute atomic E-state index is 10.4. The number of rotatable bonds is 4. The van der Waals surface area contributed by atoms with Gasteiger partial charge in [-0.3, -0.25) is 14.6 Å². The van der Waals surface area contributed by atoms with Gasteiger partial charge in [0.15, 0.2) is 0 Å². The Morgan fingerprint density at radius 1 is 1.38 bits per heavy atom. The SMILES string of the molecule is O=C(O)CC(O)CN1CCN2CCCC2C1. The molecule has 2 N–H and O–H groups in total. The van der Waals surface area contributed by atoms with Crippen LogP contribution in [0.5, 0.6) is 0 Å². The second-order valence-corrected chi connectivity index (χ2v) is 4.84. The lowest BCUT2D eigenvalue weighted by Crippen LogP contribution is -2.51. The number of nitrogens with zero attached hydrogens (tertiary/aromatic N) is 2. The van der Waals surface area contributed by atoms with Crippen molar-refractivity contribution in [1.82, 2.24) is 9.80 Å². The molecule has 0 aliphatic carbocycles. The molecule has 2 unspecified atom stereocenters. The first-order valence-electron chi connectivity index (χ1n) is 6.01. The Hall–Kier alpha value is -0.650. The quantitative estimate of drug-likeness (QED) is 0.685. The molecule has 0 aromatic heterocycles. The molecular formula is C11H20N2O3. The average molecular weight is 228 g/mol. The normalized spacial score (nSPS) is 28.9. The zero-order chi connectivity index (χ0) is 11.5. The van der Waals surface area contributed by atoms with E-state index < -0.39 is 12.1 Å². The maximum Gasteiger partial charge on any atom is 0.306 e. The van der Waals surface area contributed by atoms with Crippen molar-refractivity contribution in [2.75, 3.05) is 32.7 Å². The number of piperazine rings is 1. The highest BCUT2D eigenvalue weighted by atomic mass is 16.4. The lowest BCUT2D eigenvalue weighted by Gasteiger charge is -2.38. The molecule has 5 nitrogen and oxygen atoms in total. The fourth-order valence-corrected chi connectivity index (χ4v) is 2.79. The van der Waals surface area contributed by atoms with Crippen LogP contribution >= 0.6 is 0 Å². The molecule has 2 aliphatic rings. The first kappa shape index (κ1) is 11.8. The summed E-state index contributed by atoms with van der Waals surface area (Å²) < 4.78 is 0. The van der Waals surface area contributed by atoms with Gasteiger partial charge in [0.05, 0.1) is 12.5 Å². The number of fused-ring (bicyclic) bond motifs is 1. The summed E-state index contributed by atoms with van der Waals surface area (Å²) in [6.45, 7) is 4.70. The van der Waals surface area contributed by atoms with Crippen LogP contribution in [-0.2, 0) is 4.79 Å². The summed E-state index contributed by atoms with van der Waals surface area (Å²) in [6, 6.07) is 0.630. The lowest BCUT2D eigenvalue weighted by molar-refractivity contribution is -0.139. The van der Waals surface area contributed by atoms with Crippen LogP contribution in [0.25, 0.3) is 0 Å². The Kier molecular flexibility index (Phi) is 3.78. The van der Waals surface area contributed by atoms with Crippen LogP contribution < -0.4 is 0 Å². The van der Waals surface area contributed by atoms with E-state index >= 15 is 0 Å². The first-order valence-corrected chi connectivity index (χ1v) is 6.01. The molecule has 92 valence electrons. The van der Waals surface area contributed by atoms with E-state index in [-0.39, 0.29) is 6.42 Å². The predicted octanol–water partition coefficient (Wildman–Crippen LogP) is -0.398. The molecule has 5 heteroatoms. The highest BCUT2D eigenvalue weighted by Gasteiger charge is 2.31. The summed E-state index contributed by atoms with van der Waals surface area (Å²) in [5, 5.41) is 18.2. The van der Waals surface area contributed by atoms with E-state index in [1.54, 1.807) is 0 Å². The van der Waals surface area contributed by atoms with Gasteiger partial charge in [-0.25, -0.2) is 0 Å². The van der Waals surface area contributed by atoms with Crippen molar-refractivity contribution in [3.8, 4) is 0 Å². The van der Waals surface area contributed by atoms with Crippen molar-refractivity contribution in [3.05, 3.63) is 0 Å². The third-order valence-corrected chi connectivity index (χ3v) is 3.55. The number of aliphatic hydroxyl groups is 1. The van der Waals surface area contributed by atoms with Crippen LogP contribution in [0.3, 0.4) is 0 Å². The van der Waals surface area contributed by atoms with Crippen LogP contribution in [0.2, 0.25) is 0 Å². The molecule has 2 fully saturated rings. The van der Waals surface area contributed by atoms with Crippen molar-refractivity contribution >= 4 is 5.97 Å². The van der Waals surface area contributed by atoms with Gasteiger partial charge in [0.2, 0.25) is 0 Å². The fourth-order valence-electron chi connectivity index (χ4n) is 2.79. The highest BCUT2D eigenvalue weighted by Crippen LogP contribution is 2.21. The molecule has 16 heavy (non-hydrogen) atoms. The molecule has 2 saturated heterocycles. The maximum atomic E-state index is 10.4. The Labute approximate surface area is 95.6 Å². The number of carbonyl (C=O) groups is 1. The van der Waals surface area contributed by atoms with Crippen LogP contribution in [0.4, 0.5) is 0 Å². The standard InChI is InChI=1S/C11H20N2O3/c14-10(6-11(15)16)8-12-4-5-13-3-1-2-9(13)7-12/h9-10,14H,1-8H2,(H,15,16). The van der Waals surface area contributed by atoms with Crippen molar-refractivity contribution in [1.29, 1.82) is 0 Å². The number of hydrogen-bond acceptors (Lipinski definition) is 4. The molecule has 2 heterocycles. The molecule has 2 atom stereocenters. The van der Waals surface area contributed by atoms with E-state index in [2.05, 4.69) is 9.80 Å². The number of hydrogen-bond donors (Lipinski definition) is 2. The molecule has 0 aromatic carbocycles. The average Bonchev–Trinajstić information content (AvgIpc) is 2.63. The van der Waals surface area contributed by atoms with Crippen LogP contribution in [-0.4, -0.2) is 70.9 Å². The van der Waals surface area contributed by atoms with Gasteiger partial charge < -0.3 is 10.2 Å². The van der Waals surface area contributed by atoms with Gasteiger partial charge in [-0.05, 0) is 19.4 Å². The molecule has 0 spiro atoms. The van der Waals surface area contributed by atoms with E-state index in [9.17, 15) is 9.90 Å². The van der Waals surface area contributed by atoms with Crippen LogP contribution in [0, 0.1) is 0 Å². The van der Waals surface area contributed by atoms with Gasteiger partial charge in [0.1, 0.15) is 0 Å². The molecule has 2 rings (SSSR count). The first-order chi connectivity index (χ1) is 7.65. The number of carboxylic acids is 1. The van der Waals surface area contributed by atoms with Gasteiger partial charge in [0.25, 0.3) is 0 Å². The van der Waals surface area contributed by atoms with Gasteiger partial charge >= 0.3 is 5.97 Å². The van der Waals surface area contributed by atoms with Gasteiger partial charge in [-0.15, -0.1) is 0 Å². The zero-order valence-corrected chi connectivity index (χ0v) is 9.51. The lowest BCUT2D eigenvalue weighted by atomic mass is 10.1. The number of β-amino-alcohol motifs (C(OH)–C–C–N with tert-alkyl or cyclic N) is 1. The van der Waals surface area contributed by atoms with E-state index in [1.807, 2.05) is 0 Å². The van der Waals surface area contributed by atoms with Crippen molar-refractivity contribution in [2.24, 2.45) is 0 Å². The van der Waals surface area contributed by atoms with Crippen molar-refractivity contribution in [3.63, 3.8) is 0 Å². The smallest absolute Gasteiger partial charge is 0.306 e. The highest BCUT2D eigenvalue weighted by molar-refractivity contribution is 5.67. The number of aliphatic carboxylic acids is 1. The minimum absolute atomic E-state index is 0.148. The summed E-state index contributed by atoms with van der Waals surface area (Å²) in [5.41, 5.74) is 0. The molecule has 0 amide bonds. The second-order valence-electron chi connectivity index (χ2n) is 4.84. The fraction of sp³-hybridized carbons (Fsp3) is 0.909. The second kappa shape index (κ2) is 5.12. The molecule has 0 saturated carbocycles. The molecule has 2 aliphatic heterocycles. The van der Waals surface area contributed by atoms with E-state index in [1.165, 1.54) is 19.4 Å². The van der Waals surface area contributed by atoms with Crippen LogP contribution in [0.15, 0.2) is 0 Å². The van der Waals surface area contributed by atoms with E-state index in [0.717, 1.165) is 19.6 Å². The summed E-state index contributed by atoms with van der Waals surface area (Å²) in [7, 11) is 0. The number of aliphatic hydroxyl groups excluding tert-OH is 1. The minimum Gasteiger partial charge on any atom is -0.481 e. The number of carboxylic acid groups (broad SMARTS) is 1. The monoisotopic (exact) mass is 228 g/mol. The van der Waals surface area contributed by atoms with E-state index in [4.69, 9.17) is 5.11 Å². The van der Waals surface area contributed by atoms with Crippen molar-refractivity contribution in [2.45, 2.75) is 31.4 Å². The summed E-state index contributed by atoms with van der Waals surface area (Å²) in [6.07, 6.45) is 1.64. The Morgan fingerprint density at radius 2 is 2.19 bits per heavy atom. The molecule has 0 bridgehead atoms. The Bertz CT molecular complexity index is 260. The molecule has 0 radical (unpaired) electrons. The minimum atomic E-state index is -0.924. The Morgan fingerprint density at radius 3 is 2.94 bits per heavy atom. The van der Waals surface area contributed by atoms with E-state index in [0.29, 0.717) is 12.6 Å². The molecule has 0 aromatic rings. The van der Waals surface area contributed by atoms with Gasteiger partial charge in [-0.1, -0.05) is 0 Å². The summed E-state index contributed by atoms with van der Waals surface area (Å²) in [4.78, 5) is 15.1. The predicted molar refractivity (Wildman–Crippen MR) is 59.3 cm³/mol. The molecular weight excluding hydrogens is 208 g/mol. The third kappa shape index (κ3) is 2.93. The van der Waals surface area contributed by atoms with Crippen molar-refractivity contribution < 1.29 is 15.0 Å². The topological polar surface area (TPSA) is 64.0 Å². The largest absolute Gasteiger partial charge is 0.481 e. The Balaban J connectivity index is 1.76. The van der Waals surface area contributed by atoms with Gasteiger partial charge in [0, 0.05) is 32.2 Å². The van der Waals surface area contributed by atoms with Crippen LogP contribution in [0.1, 0.15) is 19.3 Å².